The molecule has 0 spiro atoms. The Morgan fingerprint density at radius 2 is 2.21 bits per heavy atom. The van der Waals surface area contributed by atoms with Gasteiger partial charge in [0.2, 0.25) is 11.8 Å². The van der Waals surface area contributed by atoms with Gasteiger partial charge in [-0.05, 0) is 5.92 Å². The van der Waals surface area contributed by atoms with Crippen molar-refractivity contribution in [1.82, 2.24) is 10.2 Å². The molecule has 0 bridgehead atoms. The molecule has 7 heteroatoms. The minimum absolute atomic E-state index is 0.0173. The van der Waals surface area contributed by atoms with E-state index in [-0.39, 0.29) is 36.9 Å². The Balaban J connectivity index is 2.44. The summed E-state index contributed by atoms with van der Waals surface area (Å²) in [5.74, 6) is -0.549. The molecule has 1 unspecified atom stereocenters. The van der Waals surface area contributed by atoms with Crippen molar-refractivity contribution in [2.45, 2.75) is 25.9 Å². The van der Waals surface area contributed by atoms with Gasteiger partial charge in [-0.2, -0.15) is 0 Å². The summed E-state index contributed by atoms with van der Waals surface area (Å²) in [5, 5.41) is 11.7. The van der Waals surface area contributed by atoms with Crippen molar-refractivity contribution in [3.63, 3.8) is 0 Å². The molecule has 0 saturated carbocycles. The topological polar surface area (TPSA) is 105 Å². The highest BCUT2D eigenvalue weighted by Crippen LogP contribution is 2.06. The second-order valence-electron chi connectivity index (χ2n) is 4.99. The van der Waals surface area contributed by atoms with E-state index in [0.29, 0.717) is 19.8 Å². The fraction of sp³-hybridized carbons (Fsp3) is 0.833. The van der Waals surface area contributed by atoms with Gasteiger partial charge in [-0.1, -0.05) is 13.8 Å². The zero-order valence-corrected chi connectivity index (χ0v) is 11.5. The van der Waals surface area contributed by atoms with Gasteiger partial charge in [-0.25, -0.2) is 0 Å². The zero-order chi connectivity index (χ0) is 14.4. The second-order valence-corrected chi connectivity index (χ2v) is 4.99. The molecule has 4 N–H and O–H groups in total. The van der Waals surface area contributed by atoms with Gasteiger partial charge >= 0.3 is 0 Å². The number of morpholine rings is 1. The lowest BCUT2D eigenvalue weighted by atomic mass is 10.1. The molecule has 1 aliphatic rings. The summed E-state index contributed by atoms with van der Waals surface area (Å²) in [7, 11) is 0. The van der Waals surface area contributed by atoms with Crippen molar-refractivity contribution in [3.8, 4) is 0 Å². The van der Waals surface area contributed by atoms with E-state index in [1.807, 2.05) is 13.8 Å². The summed E-state index contributed by atoms with van der Waals surface area (Å²) in [6.45, 7) is 4.63. The van der Waals surface area contributed by atoms with Crippen LogP contribution in [-0.4, -0.2) is 66.8 Å². The SMILES string of the molecule is CC(C)[C@H](N)C(=O)NCC(=O)N1CCOCC1CO. The van der Waals surface area contributed by atoms with Crippen molar-refractivity contribution in [3.05, 3.63) is 0 Å². The number of carbonyl (C=O) groups excluding carboxylic acids is 2. The zero-order valence-electron chi connectivity index (χ0n) is 11.5. The van der Waals surface area contributed by atoms with Crippen LogP contribution in [0.2, 0.25) is 0 Å². The first-order chi connectivity index (χ1) is 8.97. The first-order valence-electron chi connectivity index (χ1n) is 6.48. The number of hydrogen-bond donors (Lipinski definition) is 3. The van der Waals surface area contributed by atoms with Gasteiger partial charge in [0.1, 0.15) is 0 Å². The molecule has 0 radical (unpaired) electrons. The van der Waals surface area contributed by atoms with Gasteiger partial charge in [0.15, 0.2) is 0 Å². The summed E-state index contributed by atoms with van der Waals surface area (Å²) in [5.41, 5.74) is 5.68. The summed E-state index contributed by atoms with van der Waals surface area (Å²) in [4.78, 5) is 25.1. The number of aliphatic hydroxyl groups excluding tert-OH is 1. The normalized spacial score (nSPS) is 21.3. The average molecular weight is 273 g/mol. The number of aliphatic hydroxyl groups is 1. The summed E-state index contributed by atoms with van der Waals surface area (Å²) < 4.78 is 5.19. The number of ether oxygens (including phenoxy) is 1. The molecule has 0 aromatic rings. The molecule has 1 fully saturated rings. The van der Waals surface area contributed by atoms with Crippen LogP contribution >= 0.6 is 0 Å². The van der Waals surface area contributed by atoms with Crippen LogP contribution in [-0.2, 0) is 14.3 Å². The molecule has 7 nitrogen and oxygen atoms in total. The fourth-order valence-corrected chi connectivity index (χ4v) is 1.82. The Labute approximate surface area is 113 Å². The van der Waals surface area contributed by atoms with Gasteiger partial charge in [0.05, 0.1) is 38.4 Å². The lowest BCUT2D eigenvalue weighted by molar-refractivity contribution is -0.142. The molecule has 1 rings (SSSR count). The quantitative estimate of drug-likeness (QED) is 0.554. The molecule has 19 heavy (non-hydrogen) atoms. The van der Waals surface area contributed by atoms with E-state index in [1.165, 1.54) is 4.90 Å². The third-order valence-electron chi connectivity index (χ3n) is 3.19. The number of hydrogen-bond acceptors (Lipinski definition) is 5. The van der Waals surface area contributed by atoms with Crippen LogP contribution in [0.1, 0.15) is 13.8 Å². The highest BCUT2D eigenvalue weighted by Gasteiger charge is 2.27. The fourth-order valence-electron chi connectivity index (χ4n) is 1.82. The smallest absolute Gasteiger partial charge is 0.242 e. The van der Waals surface area contributed by atoms with Gasteiger partial charge in [-0.3, -0.25) is 9.59 Å². The third kappa shape index (κ3) is 4.45. The molecule has 1 saturated heterocycles. The first kappa shape index (κ1) is 15.9. The summed E-state index contributed by atoms with van der Waals surface area (Å²) in [6.07, 6.45) is 0. The van der Waals surface area contributed by atoms with Gasteiger partial charge in [0, 0.05) is 6.54 Å². The highest BCUT2D eigenvalue weighted by atomic mass is 16.5. The van der Waals surface area contributed by atoms with Crippen LogP contribution < -0.4 is 11.1 Å². The standard InChI is InChI=1S/C12H23N3O4/c1-8(2)11(13)12(18)14-5-10(17)15-3-4-19-7-9(15)6-16/h8-9,11,16H,3-7,13H2,1-2H3,(H,14,18)/t9?,11-/m0/s1. The molecule has 0 aliphatic carbocycles. The Morgan fingerprint density at radius 1 is 1.53 bits per heavy atom. The second kappa shape index (κ2) is 7.42. The van der Waals surface area contributed by atoms with Crippen molar-refractivity contribution >= 4 is 11.8 Å². The maximum atomic E-state index is 12.0. The summed E-state index contributed by atoms with van der Waals surface area (Å²) in [6, 6.07) is -0.956. The Morgan fingerprint density at radius 3 is 2.79 bits per heavy atom. The van der Waals surface area contributed by atoms with E-state index in [4.69, 9.17) is 15.6 Å². The van der Waals surface area contributed by atoms with Crippen molar-refractivity contribution in [2.75, 3.05) is 32.9 Å². The number of nitrogens with one attached hydrogen (secondary N) is 1. The maximum Gasteiger partial charge on any atom is 0.242 e. The van der Waals surface area contributed by atoms with Crippen molar-refractivity contribution in [2.24, 2.45) is 11.7 Å². The molecule has 0 aromatic carbocycles. The van der Waals surface area contributed by atoms with E-state index < -0.39 is 6.04 Å². The average Bonchev–Trinajstić information content (AvgIpc) is 2.43. The minimum atomic E-state index is -0.619. The number of rotatable bonds is 5. The van der Waals surface area contributed by atoms with Crippen LogP contribution in [0.3, 0.4) is 0 Å². The predicted octanol–water partition coefficient (Wildman–Crippen LogP) is -1.69. The monoisotopic (exact) mass is 273 g/mol. The third-order valence-corrected chi connectivity index (χ3v) is 3.19. The molecular weight excluding hydrogens is 250 g/mol. The molecular formula is C12H23N3O4. The van der Waals surface area contributed by atoms with Crippen LogP contribution in [0.15, 0.2) is 0 Å². The van der Waals surface area contributed by atoms with E-state index >= 15 is 0 Å². The Bertz CT molecular complexity index is 322. The lowest BCUT2D eigenvalue weighted by Gasteiger charge is -2.34. The molecule has 1 aliphatic heterocycles. The molecule has 2 atom stereocenters. The van der Waals surface area contributed by atoms with Crippen molar-refractivity contribution < 1.29 is 19.4 Å². The molecule has 110 valence electrons. The number of carbonyl (C=O) groups is 2. The predicted molar refractivity (Wildman–Crippen MR) is 69.2 cm³/mol. The number of amides is 2. The Kier molecular flexibility index (Phi) is 6.20. The largest absolute Gasteiger partial charge is 0.394 e. The molecule has 1 heterocycles. The van der Waals surface area contributed by atoms with Gasteiger partial charge in [-0.15, -0.1) is 0 Å². The van der Waals surface area contributed by atoms with Crippen LogP contribution in [0, 0.1) is 5.92 Å². The van der Waals surface area contributed by atoms with E-state index in [0.717, 1.165) is 0 Å². The highest BCUT2D eigenvalue weighted by molar-refractivity contribution is 5.87. The lowest BCUT2D eigenvalue weighted by Crippen LogP contribution is -2.54. The first-order valence-corrected chi connectivity index (χ1v) is 6.48. The number of nitrogens with two attached hydrogens (primary N) is 1. The van der Waals surface area contributed by atoms with Gasteiger partial charge in [0.25, 0.3) is 0 Å². The van der Waals surface area contributed by atoms with Crippen molar-refractivity contribution in [1.29, 1.82) is 0 Å². The Hall–Kier alpha value is -1.18. The van der Waals surface area contributed by atoms with Gasteiger partial charge < -0.3 is 25.8 Å². The van der Waals surface area contributed by atoms with Crippen LogP contribution in [0.5, 0.6) is 0 Å². The van der Waals surface area contributed by atoms with Crippen LogP contribution in [0.25, 0.3) is 0 Å². The minimum Gasteiger partial charge on any atom is -0.394 e. The van der Waals surface area contributed by atoms with E-state index in [1.54, 1.807) is 0 Å². The van der Waals surface area contributed by atoms with E-state index in [2.05, 4.69) is 5.32 Å². The molecule has 0 aromatic heterocycles. The van der Waals surface area contributed by atoms with Crippen LogP contribution in [0.4, 0.5) is 0 Å². The maximum absolute atomic E-state index is 12.0. The summed E-state index contributed by atoms with van der Waals surface area (Å²) >= 11 is 0. The van der Waals surface area contributed by atoms with E-state index in [9.17, 15) is 9.59 Å². The number of nitrogens with zero attached hydrogens (tertiary/aromatic N) is 1. The molecule has 2 amide bonds.